The largest absolute Gasteiger partial charge is 0.463 e. The highest BCUT2D eigenvalue weighted by Crippen LogP contribution is 2.40. The number of non-ortho nitro benzene ring substituents is 1. The van der Waals surface area contributed by atoms with Crippen LogP contribution in [0.2, 0.25) is 5.02 Å². The van der Waals surface area contributed by atoms with Crippen LogP contribution in [0.25, 0.3) is 0 Å². The quantitative estimate of drug-likeness (QED) is 0.234. The molecule has 0 radical (unpaired) electrons. The van der Waals surface area contributed by atoms with Crippen molar-refractivity contribution in [2.24, 2.45) is 0 Å². The van der Waals surface area contributed by atoms with E-state index in [4.69, 9.17) is 21.1 Å². The molecule has 0 aliphatic carbocycles. The summed E-state index contributed by atoms with van der Waals surface area (Å²) in [7, 11) is -3.69. The molecule has 14 heteroatoms. The third-order valence-electron chi connectivity index (χ3n) is 7.30. The van der Waals surface area contributed by atoms with Crippen LogP contribution >= 0.6 is 11.6 Å². The summed E-state index contributed by atoms with van der Waals surface area (Å²) in [6, 6.07) is 11.9. The van der Waals surface area contributed by atoms with Crippen molar-refractivity contribution >= 4 is 39.3 Å². The SMILES string of the molecule is CCOC(=O)C1=C(C)NC(C)=C(C(=O)OCCN2CCN(S(=O)(=O)c3cccc(Cl)c3)CC2)[C@@H]1c1cccc([N+](=O)[O-])c1. The third kappa shape index (κ3) is 7.24. The van der Waals surface area contributed by atoms with Gasteiger partial charge in [-0.1, -0.05) is 29.8 Å². The van der Waals surface area contributed by atoms with E-state index in [2.05, 4.69) is 5.32 Å². The Morgan fingerprint density at radius 2 is 1.63 bits per heavy atom. The van der Waals surface area contributed by atoms with E-state index in [9.17, 15) is 28.1 Å². The van der Waals surface area contributed by atoms with Crippen molar-refractivity contribution in [3.63, 3.8) is 0 Å². The first kappa shape index (κ1) is 32.1. The molecule has 230 valence electrons. The molecular formula is C29H33ClN4O8S. The van der Waals surface area contributed by atoms with E-state index in [1.54, 1.807) is 39.0 Å². The topological polar surface area (TPSA) is 148 Å². The monoisotopic (exact) mass is 632 g/mol. The summed E-state index contributed by atoms with van der Waals surface area (Å²) in [5.74, 6) is -2.28. The molecule has 43 heavy (non-hydrogen) atoms. The van der Waals surface area contributed by atoms with Gasteiger partial charge in [-0.05, 0) is 44.5 Å². The van der Waals surface area contributed by atoms with E-state index < -0.39 is 32.8 Å². The molecule has 1 N–H and O–H groups in total. The van der Waals surface area contributed by atoms with Crippen LogP contribution in [0.3, 0.4) is 0 Å². The predicted molar refractivity (Wildman–Crippen MR) is 159 cm³/mol. The molecule has 0 saturated carbocycles. The van der Waals surface area contributed by atoms with Crippen LogP contribution in [0.15, 0.2) is 76.0 Å². The number of halogens is 1. The predicted octanol–water partition coefficient (Wildman–Crippen LogP) is 3.60. The summed E-state index contributed by atoms with van der Waals surface area (Å²) in [5.41, 5.74) is 1.42. The summed E-state index contributed by atoms with van der Waals surface area (Å²) in [5, 5.41) is 14.9. The molecule has 0 amide bonds. The number of hydrogen-bond donors (Lipinski definition) is 1. The van der Waals surface area contributed by atoms with Crippen molar-refractivity contribution in [1.29, 1.82) is 0 Å². The molecule has 0 bridgehead atoms. The maximum Gasteiger partial charge on any atom is 0.336 e. The Bertz CT molecular complexity index is 1580. The average Bonchev–Trinajstić information content (AvgIpc) is 2.97. The van der Waals surface area contributed by atoms with Crippen LogP contribution in [-0.4, -0.2) is 80.4 Å². The maximum atomic E-state index is 13.5. The van der Waals surface area contributed by atoms with Crippen LogP contribution < -0.4 is 5.32 Å². The minimum absolute atomic E-state index is 0.00967. The van der Waals surface area contributed by atoms with Gasteiger partial charge in [-0.3, -0.25) is 15.0 Å². The number of dihydropyridines is 1. The Labute approximate surface area is 255 Å². The zero-order valence-corrected chi connectivity index (χ0v) is 25.6. The van der Waals surface area contributed by atoms with E-state index >= 15 is 0 Å². The highest BCUT2D eigenvalue weighted by atomic mass is 35.5. The van der Waals surface area contributed by atoms with Crippen molar-refractivity contribution in [2.75, 3.05) is 45.9 Å². The second-order valence-corrected chi connectivity index (χ2v) is 12.4. The molecule has 2 heterocycles. The first-order valence-corrected chi connectivity index (χ1v) is 15.5. The van der Waals surface area contributed by atoms with Crippen molar-refractivity contribution < 1.29 is 32.4 Å². The molecular weight excluding hydrogens is 600 g/mol. The Hall–Kier alpha value is -3.78. The van der Waals surface area contributed by atoms with Gasteiger partial charge in [0.15, 0.2) is 0 Å². The molecule has 2 aromatic carbocycles. The molecule has 1 atom stereocenters. The lowest BCUT2D eigenvalue weighted by molar-refractivity contribution is -0.384. The standard InChI is InChI=1S/C29H33ClN4O8S/c1-4-41-28(35)25-19(2)31-20(3)26(27(25)21-7-5-9-23(17-21)34(37)38)29(36)42-16-15-32-11-13-33(14-12-32)43(39,40)24-10-6-8-22(30)18-24/h5-10,17-18,27,31H,4,11-16H2,1-3H3/t27-/m1/s1. The summed E-state index contributed by atoms with van der Waals surface area (Å²) in [4.78, 5) is 39.6. The minimum atomic E-state index is -3.69. The fourth-order valence-corrected chi connectivity index (χ4v) is 6.93. The number of allylic oxidation sites excluding steroid dienone is 2. The summed E-state index contributed by atoms with van der Waals surface area (Å²) in [6.45, 7) is 6.88. The van der Waals surface area contributed by atoms with Gasteiger partial charge in [0.1, 0.15) is 6.61 Å². The Morgan fingerprint density at radius 1 is 1.00 bits per heavy atom. The highest BCUT2D eigenvalue weighted by Gasteiger charge is 2.38. The van der Waals surface area contributed by atoms with Crippen molar-refractivity contribution in [2.45, 2.75) is 31.6 Å². The number of hydrogen-bond acceptors (Lipinski definition) is 10. The molecule has 0 unspecified atom stereocenters. The van der Waals surface area contributed by atoms with E-state index in [1.807, 2.05) is 4.90 Å². The van der Waals surface area contributed by atoms with E-state index in [1.165, 1.54) is 34.6 Å². The number of nitro benzene ring substituents is 1. The number of piperazine rings is 1. The van der Waals surface area contributed by atoms with Crippen LogP contribution in [0.5, 0.6) is 0 Å². The summed E-state index contributed by atoms with van der Waals surface area (Å²) >= 11 is 5.98. The summed E-state index contributed by atoms with van der Waals surface area (Å²) < 4.78 is 38.3. The Balaban J connectivity index is 1.45. The van der Waals surface area contributed by atoms with Gasteiger partial charge in [-0.15, -0.1) is 0 Å². The number of sulfonamides is 1. The maximum absolute atomic E-state index is 13.5. The minimum Gasteiger partial charge on any atom is -0.463 e. The second-order valence-electron chi connectivity index (χ2n) is 10.0. The summed E-state index contributed by atoms with van der Waals surface area (Å²) in [6.07, 6.45) is 0. The average molecular weight is 633 g/mol. The van der Waals surface area contributed by atoms with Crippen LogP contribution in [0.4, 0.5) is 5.69 Å². The van der Waals surface area contributed by atoms with Gasteiger partial charge in [0.25, 0.3) is 5.69 Å². The first-order valence-electron chi connectivity index (χ1n) is 13.7. The van der Waals surface area contributed by atoms with Gasteiger partial charge in [0.2, 0.25) is 10.0 Å². The first-order chi connectivity index (χ1) is 20.4. The van der Waals surface area contributed by atoms with Gasteiger partial charge < -0.3 is 14.8 Å². The lowest BCUT2D eigenvalue weighted by Crippen LogP contribution is -2.49. The Morgan fingerprint density at radius 3 is 2.23 bits per heavy atom. The Kier molecular flexibility index (Phi) is 10.2. The number of ether oxygens (including phenoxy) is 2. The van der Waals surface area contributed by atoms with E-state index in [0.717, 1.165) is 0 Å². The van der Waals surface area contributed by atoms with Crippen molar-refractivity contribution in [3.05, 3.63) is 91.8 Å². The molecule has 4 rings (SSSR count). The van der Waals surface area contributed by atoms with Gasteiger partial charge in [0.05, 0.1) is 33.5 Å². The van der Waals surface area contributed by atoms with Gasteiger partial charge in [0, 0.05) is 61.3 Å². The number of nitrogens with zero attached hydrogens (tertiary/aromatic N) is 3. The zero-order valence-electron chi connectivity index (χ0n) is 24.0. The molecule has 2 aliphatic heterocycles. The molecule has 0 spiro atoms. The van der Waals surface area contributed by atoms with Gasteiger partial charge in [-0.2, -0.15) is 4.31 Å². The molecule has 1 saturated heterocycles. The van der Waals surface area contributed by atoms with Crippen LogP contribution in [-0.2, 0) is 29.1 Å². The van der Waals surface area contributed by atoms with Crippen molar-refractivity contribution in [3.8, 4) is 0 Å². The van der Waals surface area contributed by atoms with Crippen LogP contribution in [0.1, 0.15) is 32.3 Å². The number of nitro groups is 1. The van der Waals surface area contributed by atoms with Crippen molar-refractivity contribution in [1.82, 2.24) is 14.5 Å². The molecule has 2 aliphatic rings. The number of carbonyl (C=O) groups is 2. The third-order valence-corrected chi connectivity index (χ3v) is 9.43. The zero-order chi connectivity index (χ0) is 31.3. The molecule has 0 aromatic heterocycles. The highest BCUT2D eigenvalue weighted by molar-refractivity contribution is 7.89. The van der Waals surface area contributed by atoms with Gasteiger partial charge in [-0.25, -0.2) is 18.0 Å². The fourth-order valence-electron chi connectivity index (χ4n) is 5.21. The normalized spacial score (nSPS) is 18.3. The second kappa shape index (κ2) is 13.7. The lowest BCUT2D eigenvalue weighted by atomic mass is 9.80. The molecule has 12 nitrogen and oxygen atoms in total. The lowest BCUT2D eigenvalue weighted by Gasteiger charge is -2.34. The smallest absolute Gasteiger partial charge is 0.336 e. The van der Waals surface area contributed by atoms with E-state index in [-0.39, 0.29) is 48.0 Å². The number of esters is 2. The number of carbonyl (C=O) groups excluding carboxylic acids is 2. The fraction of sp³-hybridized carbons (Fsp3) is 0.379. The number of benzene rings is 2. The number of rotatable bonds is 10. The van der Waals surface area contributed by atoms with Gasteiger partial charge >= 0.3 is 11.9 Å². The molecule has 1 fully saturated rings. The molecule has 2 aromatic rings. The van der Waals surface area contributed by atoms with E-state index in [0.29, 0.717) is 41.6 Å². The number of nitrogens with one attached hydrogen (secondary N) is 1. The van der Waals surface area contributed by atoms with Crippen LogP contribution in [0, 0.1) is 10.1 Å².